The van der Waals surface area contributed by atoms with Crippen molar-refractivity contribution in [3.8, 4) is 34.7 Å². The maximum Gasteiger partial charge on any atom is 0.258 e. The van der Waals surface area contributed by atoms with E-state index in [2.05, 4.69) is 53.1 Å². The zero-order valence-corrected chi connectivity index (χ0v) is 23.0. The molecule has 8 heteroatoms. The van der Waals surface area contributed by atoms with Gasteiger partial charge in [0.1, 0.15) is 11.8 Å². The van der Waals surface area contributed by atoms with E-state index in [9.17, 15) is 10.4 Å². The molecule has 5 rings (SSSR count). The van der Waals surface area contributed by atoms with Gasteiger partial charge in [-0.15, -0.1) is 0 Å². The van der Waals surface area contributed by atoms with Crippen molar-refractivity contribution in [2.45, 2.75) is 59.1 Å². The highest BCUT2D eigenvalue weighted by atomic mass is 16.5. The van der Waals surface area contributed by atoms with Crippen LogP contribution in [0.4, 0.5) is 0 Å². The molecule has 0 saturated carbocycles. The van der Waals surface area contributed by atoms with E-state index < -0.39 is 0 Å². The number of ether oxygens (including phenoxy) is 1. The van der Waals surface area contributed by atoms with Crippen molar-refractivity contribution >= 4 is 0 Å². The zero-order valence-electron chi connectivity index (χ0n) is 23.0. The molecule has 1 aliphatic heterocycles. The second kappa shape index (κ2) is 13.0. The van der Waals surface area contributed by atoms with Crippen LogP contribution in [0.15, 0.2) is 40.9 Å². The molecule has 38 heavy (non-hydrogen) atoms. The average Bonchev–Trinajstić information content (AvgIpc) is 3.58. The second-order valence-corrected chi connectivity index (χ2v) is 10.1. The van der Waals surface area contributed by atoms with Gasteiger partial charge in [-0.25, -0.2) is 0 Å². The van der Waals surface area contributed by atoms with E-state index in [0.29, 0.717) is 34.6 Å². The smallest absolute Gasteiger partial charge is 0.258 e. The largest absolute Gasteiger partial charge is 0.490 e. The first-order chi connectivity index (χ1) is 18.5. The maximum absolute atomic E-state index is 9.55. The lowest BCUT2D eigenvalue weighted by Crippen LogP contribution is -2.47. The third-order valence-corrected chi connectivity index (χ3v) is 6.88. The second-order valence-electron chi connectivity index (χ2n) is 10.1. The minimum Gasteiger partial charge on any atom is -0.490 e. The van der Waals surface area contributed by atoms with Gasteiger partial charge >= 0.3 is 0 Å². The lowest BCUT2D eigenvalue weighted by molar-refractivity contribution is 0.0837. The van der Waals surface area contributed by atoms with Crippen LogP contribution in [0.5, 0.6) is 5.75 Å². The number of aliphatic hydroxyl groups excluding tert-OH is 1. The van der Waals surface area contributed by atoms with Crippen molar-refractivity contribution in [3.63, 3.8) is 0 Å². The van der Waals surface area contributed by atoms with E-state index in [0.717, 1.165) is 51.1 Å². The minimum absolute atomic E-state index is 0.0172. The summed E-state index contributed by atoms with van der Waals surface area (Å²) in [5.74, 6) is 1.51. The molecule has 1 atom stereocenters. The summed E-state index contributed by atoms with van der Waals surface area (Å²) in [6, 6.07) is 14.3. The van der Waals surface area contributed by atoms with Gasteiger partial charge in [-0.1, -0.05) is 43.6 Å². The number of aliphatic hydroxyl groups is 1. The molecule has 202 valence electrons. The topological polar surface area (TPSA) is 98.7 Å². The molecule has 1 aliphatic carbocycles. The lowest BCUT2D eigenvalue weighted by atomic mass is 10.0. The van der Waals surface area contributed by atoms with Crippen molar-refractivity contribution in [2.75, 3.05) is 39.3 Å². The van der Waals surface area contributed by atoms with Crippen molar-refractivity contribution in [2.24, 2.45) is 0 Å². The van der Waals surface area contributed by atoms with Crippen LogP contribution in [0.1, 0.15) is 63.3 Å². The minimum atomic E-state index is -0.0172. The molecule has 0 radical (unpaired) electrons. The van der Waals surface area contributed by atoms with Gasteiger partial charge in [-0.2, -0.15) is 10.2 Å². The Labute approximate surface area is 225 Å². The third-order valence-electron chi connectivity index (χ3n) is 6.88. The van der Waals surface area contributed by atoms with Crippen LogP contribution >= 0.6 is 0 Å². The van der Waals surface area contributed by atoms with Gasteiger partial charge in [-0.05, 0) is 56.0 Å². The number of β-amino-alcohol motifs (C(OH)–C–C–N with tert-alkyl or cyclic N) is 1. The first kappa shape index (κ1) is 27.8. The van der Waals surface area contributed by atoms with E-state index >= 15 is 0 Å². The zero-order chi connectivity index (χ0) is 27.1. The number of aromatic nitrogens is 2. The van der Waals surface area contributed by atoms with Crippen LogP contribution in [0.25, 0.3) is 22.8 Å². The van der Waals surface area contributed by atoms with Crippen LogP contribution in [-0.2, 0) is 6.42 Å². The average molecular weight is 518 g/mol. The van der Waals surface area contributed by atoms with E-state index in [-0.39, 0.29) is 12.7 Å². The molecule has 1 N–H and O–H groups in total. The van der Waals surface area contributed by atoms with Crippen LogP contribution in [0, 0.1) is 11.3 Å². The Kier molecular flexibility index (Phi) is 9.51. The molecule has 3 aromatic rings. The van der Waals surface area contributed by atoms with Gasteiger partial charge in [0.15, 0.2) is 0 Å². The molecule has 1 fully saturated rings. The first-order valence-corrected chi connectivity index (χ1v) is 13.7. The Morgan fingerprint density at radius 3 is 2.61 bits per heavy atom. The summed E-state index contributed by atoms with van der Waals surface area (Å²) in [4.78, 5) is 9.58. The fourth-order valence-corrected chi connectivity index (χ4v) is 5.22. The fourth-order valence-electron chi connectivity index (χ4n) is 5.22. The van der Waals surface area contributed by atoms with Crippen LogP contribution < -0.4 is 4.74 Å². The highest BCUT2D eigenvalue weighted by Gasteiger charge is 2.32. The molecule has 2 aromatic carbocycles. The maximum atomic E-state index is 9.55. The third kappa shape index (κ3) is 6.24. The monoisotopic (exact) mass is 517 g/mol. The lowest BCUT2D eigenvalue weighted by Gasteiger charge is -2.38. The van der Waals surface area contributed by atoms with Gasteiger partial charge in [0.25, 0.3) is 5.89 Å². The van der Waals surface area contributed by atoms with Gasteiger partial charge in [-0.3, -0.25) is 9.80 Å². The van der Waals surface area contributed by atoms with Crippen molar-refractivity contribution in [3.05, 3.63) is 53.1 Å². The molecule has 8 nitrogen and oxygen atoms in total. The van der Waals surface area contributed by atoms with Crippen molar-refractivity contribution in [1.82, 2.24) is 19.9 Å². The SMILES string of the molecule is CC(C)Oc1ccc(-c2nc(-c3cccc4c3CCC4N3CCN(CCO)CC3)no2)cc1C#N.CCC. The van der Waals surface area contributed by atoms with Gasteiger partial charge in [0, 0.05) is 49.9 Å². The van der Waals surface area contributed by atoms with Crippen molar-refractivity contribution < 1.29 is 14.4 Å². The fraction of sp³-hybridized carbons (Fsp3) is 0.500. The predicted octanol–water partition coefficient (Wildman–Crippen LogP) is 5.08. The summed E-state index contributed by atoms with van der Waals surface area (Å²) >= 11 is 0. The van der Waals surface area contributed by atoms with E-state index in [1.165, 1.54) is 17.5 Å². The highest BCUT2D eigenvalue weighted by Crippen LogP contribution is 2.40. The van der Waals surface area contributed by atoms with Crippen LogP contribution in [0.2, 0.25) is 0 Å². The number of hydrogen-bond donors (Lipinski definition) is 1. The molecule has 0 bridgehead atoms. The molecule has 0 amide bonds. The number of nitrogens with zero attached hydrogens (tertiary/aromatic N) is 5. The Hall–Kier alpha value is -3.25. The van der Waals surface area contributed by atoms with Gasteiger partial charge in [0.05, 0.1) is 18.3 Å². The van der Waals surface area contributed by atoms with Gasteiger partial charge in [0.2, 0.25) is 5.82 Å². The normalized spacial score (nSPS) is 17.6. The summed E-state index contributed by atoms with van der Waals surface area (Å²) < 4.78 is 11.3. The van der Waals surface area contributed by atoms with E-state index in [4.69, 9.17) is 14.2 Å². The van der Waals surface area contributed by atoms with Crippen LogP contribution in [-0.4, -0.2) is 70.5 Å². The van der Waals surface area contributed by atoms with Crippen LogP contribution in [0.3, 0.4) is 0 Å². The Morgan fingerprint density at radius 1 is 1.16 bits per heavy atom. The molecule has 1 unspecified atom stereocenters. The summed E-state index contributed by atoms with van der Waals surface area (Å²) in [6.07, 6.45) is 3.30. The number of fused-ring (bicyclic) bond motifs is 1. The summed E-state index contributed by atoms with van der Waals surface area (Å²) in [5.41, 5.74) is 4.80. The number of nitriles is 1. The molecular weight excluding hydrogens is 478 g/mol. The van der Waals surface area contributed by atoms with E-state index in [1.54, 1.807) is 12.1 Å². The van der Waals surface area contributed by atoms with Crippen molar-refractivity contribution in [1.29, 1.82) is 5.26 Å². The standard InChI is InChI=1S/C27H31N5O3.C3H8/c1-18(2)34-25-9-6-19(16-20(25)17-28)27-29-26(30-35-27)23-5-3-4-22-21(23)7-8-24(22)32-12-10-31(11-13-32)14-15-33;1-3-2/h3-6,9,16,18,24,33H,7-8,10-15H2,1-2H3;3H2,1-2H3. The molecular formula is C30H39N5O3. The molecule has 1 aromatic heterocycles. The molecule has 2 heterocycles. The predicted molar refractivity (Wildman–Crippen MR) is 148 cm³/mol. The Morgan fingerprint density at radius 2 is 1.92 bits per heavy atom. The van der Waals surface area contributed by atoms with E-state index in [1.807, 2.05) is 19.9 Å². The summed E-state index contributed by atoms with van der Waals surface area (Å²) in [7, 11) is 0. The number of piperazine rings is 1. The summed E-state index contributed by atoms with van der Waals surface area (Å²) in [6.45, 7) is 13.1. The molecule has 1 saturated heterocycles. The highest BCUT2D eigenvalue weighted by molar-refractivity contribution is 5.67. The number of rotatable bonds is 7. The summed E-state index contributed by atoms with van der Waals surface area (Å²) in [5, 5.41) is 23.1. The Bertz CT molecular complexity index is 1240. The number of hydrogen-bond acceptors (Lipinski definition) is 8. The Balaban J connectivity index is 0.00000107. The molecule has 2 aliphatic rings. The quantitative estimate of drug-likeness (QED) is 0.464. The van der Waals surface area contributed by atoms with Gasteiger partial charge < -0.3 is 14.4 Å². The molecule has 0 spiro atoms. The number of benzene rings is 2. The first-order valence-electron chi connectivity index (χ1n) is 13.7.